The number of hydrogen-bond acceptors (Lipinski definition) is 4. The zero-order valence-electron chi connectivity index (χ0n) is 12.3. The van der Waals surface area contributed by atoms with Crippen LogP contribution in [0.15, 0.2) is 52.1 Å². The Labute approximate surface area is 138 Å². The molecule has 0 unspecified atom stereocenters. The molecule has 112 valence electrons. The summed E-state index contributed by atoms with van der Waals surface area (Å²) in [6.45, 7) is 4.15. The quantitative estimate of drug-likeness (QED) is 0.608. The van der Waals surface area contributed by atoms with E-state index in [1.165, 1.54) is 22.9 Å². The molecule has 0 bridgehead atoms. The highest BCUT2D eigenvalue weighted by molar-refractivity contribution is 7.98. The molecule has 3 aromatic rings. The van der Waals surface area contributed by atoms with Crippen LogP contribution in [0.1, 0.15) is 16.7 Å². The average Bonchev–Trinajstić information content (AvgIpc) is 2.98. The minimum absolute atomic E-state index is 0.546. The van der Waals surface area contributed by atoms with E-state index in [2.05, 4.69) is 36.2 Å². The molecule has 1 heterocycles. The Kier molecular flexibility index (Phi) is 4.50. The van der Waals surface area contributed by atoms with Gasteiger partial charge in [-0.25, -0.2) is 0 Å². The molecule has 5 heteroatoms. The van der Waals surface area contributed by atoms with Gasteiger partial charge in [0.2, 0.25) is 5.89 Å². The zero-order chi connectivity index (χ0) is 15.5. The molecular formula is C17H15ClN2OS. The van der Waals surface area contributed by atoms with Crippen molar-refractivity contribution in [3.05, 3.63) is 64.2 Å². The summed E-state index contributed by atoms with van der Waals surface area (Å²) in [6.07, 6.45) is 0. The summed E-state index contributed by atoms with van der Waals surface area (Å²) in [6, 6.07) is 13.9. The third-order valence-electron chi connectivity index (χ3n) is 3.47. The fourth-order valence-electron chi connectivity index (χ4n) is 2.01. The van der Waals surface area contributed by atoms with Crippen LogP contribution in [-0.2, 0) is 5.75 Å². The van der Waals surface area contributed by atoms with Gasteiger partial charge in [0.15, 0.2) is 0 Å². The van der Waals surface area contributed by atoms with E-state index in [9.17, 15) is 0 Å². The van der Waals surface area contributed by atoms with E-state index in [1.807, 2.05) is 30.3 Å². The second-order valence-corrected chi connectivity index (χ2v) is 6.39. The monoisotopic (exact) mass is 330 g/mol. The highest BCUT2D eigenvalue weighted by atomic mass is 35.5. The van der Waals surface area contributed by atoms with Crippen LogP contribution in [0.2, 0.25) is 5.02 Å². The fraction of sp³-hybridized carbons (Fsp3) is 0.176. The summed E-state index contributed by atoms with van der Waals surface area (Å²) in [4.78, 5) is 0. The molecule has 0 saturated carbocycles. The number of halogens is 1. The summed E-state index contributed by atoms with van der Waals surface area (Å²) in [5.74, 6) is 1.25. The van der Waals surface area contributed by atoms with Crippen LogP contribution in [0, 0.1) is 13.8 Å². The lowest BCUT2D eigenvalue weighted by atomic mass is 10.1. The maximum atomic E-state index is 6.14. The van der Waals surface area contributed by atoms with E-state index in [1.54, 1.807) is 0 Å². The highest BCUT2D eigenvalue weighted by Gasteiger charge is 2.10. The molecule has 0 N–H and O–H groups in total. The summed E-state index contributed by atoms with van der Waals surface area (Å²) < 4.78 is 5.72. The molecule has 2 aromatic carbocycles. The Bertz CT molecular complexity index is 801. The van der Waals surface area contributed by atoms with Gasteiger partial charge in [0.1, 0.15) is 0 Å². The third kappa shape index (κ3) is 3.34. The van der Waals surface area contributed by atoms with Gasteiger partial charge in [-0.3, -0.25) is 0 Å². The van der Waals surface area contributed by atoms with Crippen molar-refractivity contribution in [2.24, 2.45) is 0 Å². The first kappa shape index (κ1) is 15.1. The highest BCUT2D eigenvalue weighted by Crippen LogP contribution is 2.28. The van der Waals surface area contributed by atoms with Crippen LogP contribution in [0.4, 0.5) is 0 Å². The van der Waals surface area contributed by atoms with Crippen LogP contribution in [0.3, 0.4) is 0 Å². The Hall–Kier alpha value is -1.78. The lowest BCUT2D eigenvalue weighted by Gasteiger charge is -2.01. The van der Waals surface area contributed by atoms with Crippen LogP contribution >= 0.6 is 23.4 Å². The standard InChI is InChI=1S/C17H15ClN2OS/c1-11-7-8-13(9-12(11)2)16-19-20-17(21-16)22-10-14-5-3-4-6-15(14)18/h3-9H,10H2,1-2H3. The van der Waals surface area contributed by atoms with Crippen LogP contribution in [0.5, 0.6) is 0 Å². The molecule has 0 aliphatic rings. The number of aromatic nitrogens is 2. The molecule has 0 spiro atoms. The van der Waals surface area contributed by atoms with Gasteiger partial charge in [-0.1, -0.05) is 47.6 Å². The van der Waals surface area contributed by atoms with Gasteiger partial charge in [-0.15, -0.1) is 10.2 Å². The topological polar surface area (TPSA) is 38.9 Å². The zero-order valence-corrected chi connectivity index (χ0v) is 13.9. The number of aryl methyl sites for hydroxylation is 2. The Morgan fingerprint density at radius 1 is 1.05 bits per heavy atom. The average molecular weight is 331 g/mol. The molecule has 22 heavy (non-hydrogen) atoms. The van der Waals surface area contributed by atoms with Crippen molar-refractivity contribution >= 4 is 23.4 Å². The normalized spacial score (nSPS) is 10.9. The van der Waals surface area contributed by atoms with Crippen molar-refractivity contribution in [2.75, 3.05) is 0 Å². The van der Waals surface area contributed by atoms with Gasteiger partial charge in [0.25, 0.3) is 5.22 Å². The van der Waals surface area contributed by atoms with E-state index >= 15 is 0 Å². The van der Waals surface area contributed by atoms with Gasteiger partial charge < -0.3 is 4.42 Å². The molecule has 3 rings (SSSR count). The predicted molar refractivity (Wildman–Crippen MR) is 90.2 cm³/mol. The Morgan fingerprint density at radius 3 is 2.64 bits per heavy atom. The SMILES string of the molecule is Cc1ccc(-c2nnc(SCc3ccccc3Cl)o2)cc1C. The van der Waals surface area contributed by atoms with Crippen LogP contribution in [-0.4, -0.2) is 10.2 Å². The summed E-state index contributed by atoms with van der Waals surface area (Å²) in [5, 5.41) is 9.52. The molecule has 0 aliphatic heterocycles. The van der Waals surface area contributed by atoms with Gasteiger partial charge in [-0.2, -0.15) is 0 Å². The smallest absolute Gasteiger partial charge is 0.277 e. The van der Waals surface area contributed by atoms with E-state index in [0.29, 0.717) is 16.9 Å². The molecular weight excluding hydrogens is 316 g/mol. The maximum absolute atomic E-state index is 6.14. The fourth-order valence-corrected chi connectivity index (χ4v) is 3.06. The number of thioether (sulfide) groups is 1. The molecule has 0 atom stereocenters. The summed E-state index contributed by atoms with van der Waals surface area (Å²) in [5.41, 5.74) is 4.46. The number of benzene rings is 2. The minimum Gasteiger partial charge on any atom is -0.411 e. The van der Waals surface area contributed by atoms with Crippen molar-refractivity contribution in [1.82, 2.24) is 10.2 Å². The van der Waals surface area contributed by atoms with Gasteiger partial charge in [-0.05, 0) is 48.7 Å². The number of rotatable bonds is 4. The molecule has 3 nitrogen and oxygen atoms in total. The largest absolute Gasteiger partial charge is 0.411 e. The lowest BCUT2D eigenvalue weighted by Crippen LogP contribution is -1.83. The lowest BCUT2D eigenvalue weighted by molar-refractivity contribution is 0.466. The molecule has 0 saturated heterocycles. The number of nitrogens with zero attached hydrogens (tertiary/aromatic N) is 2. The Morgan fingerprint density at radius 2 is 1.86 bits per heavy atom. The van der Waals surface area contributed by atoms with Crippen LogP contribution < -0.4 is 0 Å². The van der Waals surface area contributed by atoms with E-state index in [4.69, 9.17) is 16.0 Å². The van der Waals surface area contributed by atoms with Crippen molar-refractivity contribution < 1.29 is 4.42 Å². The van der Waals surface area contributed by atoms with Gasteiger partial charge >= 0.3 is 0 Å². The second-order valence-electron chi connectivity index (χ2n) is 5.05. The first-order chi connectivity index (χ1) is 10.6. The molecule has 0 aliphatic carbocycles. The third-order valence-corrected chi connectivity index (χ3v) is 4.71. The van der Waals surface area contributed by atoms with Gasteiger partial charge in [0, 0.05) is 16.3 Å². The summed E-state index contributed by atoms with van der Waals surface area (Å²) in [7, 11) is 0. The molecule has 0 radical (unpaired) electrons. The van der Waals surface area contributed by atoms with E-state index < -0.39 is 0 Å². The van der Waals surface area contributed by atoms with Crippen molar-refractivity contribution in [2.45, 2.75) is 24.8 Å². The second kappa shape index (κ2) is 6.55. The first-order valence-corrected chi connectivity index (χ1v) is 8.27. The first-order valence-electron chi connectivity index (χ1n) is 6.91. The van der Waals surface area contributed by atoms with Crippen molar-refractivity contribution in [3.63, 3.8) is 0 Å². The van der Waals surface area contributed by atoms with Crippen molar-refractivity contribution in [3.8, 4) is 11.5 Å². The van der Waals surface area contributed by atoms with E-state index in [-0.39, 0.29) is 0 Å². The predicted octanol–water partition coefficient (Wildman–Crippen LogP) is 5.30. The minimum atomic E-state index is 0.546. The van der Waals surface area contributed by atoms with Crippen LogP contribution in [0.25, 0.3) is 11.5 Å². The summed E-state index contributed by atoms with van der Waals surface area (Å²) >= 11 is 7.63. The molecule has 1 aromatic heterocycles. The number of hydrogen-bond donors (Lipinski definition) is 0. The Balaban J connectivity index is 1.74. The van der Waals surface area contributed by atoms with Gasteiger partial charge in [0.05, 0.1) is 0 Å². The molecule has 0 amide bonds. The van der Waals surface area contributed by atoms with E-state index in [0.717, 1.165) is 16.1 Å². The van der Waals surface area contributed by atoms with Crippen molar-refractivity contribution in [1.29, 1.82) is 0 Å². The maximum Gasteiger partial charge on any atom is 0.277 e. The molecule has 0 fully saturated rings.